The number of hydrogen-bond donors (Lipinski definition) is 0. The minimum atomic E-state index is 0.0680. The maximum absolute atomic E-state index is 12.3. The lowest BCUT2D eigenvalue weighted by Crippen LogP contribution is -2.47. The highest BCUT2D eigenvalue weighted by molar-refractivity contribution is 5.87. The second-order valence-corrected chi connectivity index (χ2v) is 7.80. The lowest BCUT2D eigenvalue weighted by atomic mass is 9.51. The van der Waals surface area contributed by atoms with Crippen LogP contribution in [0.5, 0.6) is 0 Å². The van der Waals surface area contributed by atoms with Crippen LogP contribution in [0.1, 0.15) is 58.3 Å². The molecular formula is C18H26O. The molecule has 3 fully saturated rings. The molecule has 0 unspecified atom stereocenters. The predicted octanol–water partition coefficient (Wildman–Crippen LogP) is 4.37. The normalized spacial score (nSPS) is 52.5. The quantitative estimate of drug-likeness (QED) is 0.589. The van der Waals surface area contributed by atoms with Crippen LogP contribution in [-0.4, -0.2) is 5.78 Å². The minimum absolute atomic E-state index is 0.0680. The standard InChI is InChI=1S/C18H26O/c1-18-11-10-14-13-5-3-2-4-12(13)6-7-15(14)16(18)8-9-17(18)19/h2-3,12-16H,4-11H2,1H3/t12-,13+,14-,15-,16+,18+/m1/s1. The number of hydrogen-bond acceptors (Lipinski definition) is 1. The Labute approximate surface area is 116 Å². The van der Waals surface area contributed by atoms with Gasteiger partial charge in [0.15, 0.2) is 0 Å². The van der Waals surface area contributed by atoms with Crippen molar-refractivity contribution < 1.29 is 4.79 Å². The van der Waals surface area contributed by atoms with E-state index in [1.165, 1.54) is 44.9 Å². The average molecular weight is 258 g/mol. The maximum Gasteiger partial charge on any atom is 0.139 e. The van der Waals surface area contributed by atoms with Crippen molar-refractivity contribution in [3.05, 3.63) is 12.2 Å². The van der Waals surface area contributed by atoms with E-state index < -0.39 is 0 Å². The van der Waals surface area contributed by atoms with Crippen molar-refractivity contribution in [1.29, 1.82) is 0 Å². The average Bonchev–Trinajstić information content (AvgIpc) is 2.75. The summed E-state index contributed by atoms with van der Waals surface area (Å²) in [5, 5.41) is 0. The lowest BCUT2D eigenvalue weighted by molar-refractivity contribution is -0.132. The smallest absolute Gasteiger partial charge is 0.139 e. The summed E-state index contributed by atoms with van der Waals surface area (Å²) < 4.78 is 0. The Balaban J connectivity index is 1.63. The van der Waals surface area contributed by atoms with Crippen LogP contribution < -0.4 is 0 Å². The number of fused-ring (bicyclic) bond motifs is 5. The molecule has 0 saturated heterocycles. The van der Waals surface area contributed by atoms with Gasteiger partial charge in [-0.3, -0.25) is 4.79 Å². The molecule has 0 amide bonds. The van der Waals surface area contributed by atoms with Gasteiger partial charge >= 0.3 is 0 Å². The zero-order valence-corrected chi connectivity index (χ0v) is 12.1. The summed E-state index contributed by atoms with van der Waals surface area (Å²) in [6, 6.07) is 0. The van der Waals surface area contributed by atoms with Crippen molar-refractivity contribution in [2.75, 3.05) is 0 Å². The molecule has 0 aromatic rings. The Bertz CT molecular complexity index is 423. The van der Waals surface area contributed by atoms with Gasteiger partial charge in [-0.2, -0.15) is 0 Å². The summed E-state index contributed by atoms with van der Waals surface area (Å²) >= 11 is 0. The highest BCUT2D eigenvalue weighted by atomic mass is 16.1. The summed E-state index contributed by atoms with van der Waals surface area (Å²) in [6.07, 6.45) is 14.9. The molecule has 0 aliphatic heterocycles. The van der Waals surface area contributed by atoms with Crippen LogP contribution in [0.3, 0.4) is 0 Å². The van der Waals surface area contributed by atoms with E-state index in [1.807, 2.05) is 0 Å². The van der Waals surface area contributed by atoms with Crippen LogP contribution in [0.15, 0.2) is 12.2 Å². The third kappa shape index (κ3) is 1.63. The van der Waals surface area contributed by atoms with Crippen LogP contribution in [0.25, 0.3) is 0 Å². The largest absolute Gasteiger partial charge is 0.299 e. The SMILES string of the molecule is C[C@]12CC[C@H]3[C@@H](CC[C@H]4CC=CC[C@@H]43)[C@@H]1CCC2=O. The van der Waals surface area contributed by atoms with Crippen molar-refractivity contribution in [3.63, 3.8) is 0 Å². The molecule has 4 aliphatic rings. The van der Waals surface area contributed by atoms with Crippen LogP contribution in [0.4, 0.5) is 0 Å². The first-order chi connectivity index (χ1) is 9.20. The number of allylic oxidation sites excluding steroid dienone is 2. The number of rotatable bonds is 0. The van der Waals surface area contributed by atoms with E-state index in [9.17, 15) is 4.79 Å². The molecule has 4 rings (SSSR count). The number of ketones is 1. The molecule has 19 heavy (non-hydrogen) atoms. The van der Waals surface area contributed by atoms with E-state index >= 15 is 0 Å². The van der Waals surface area contributed by atoms with Gasteiger partial charge in [0.05, 0.1) is 0 Å². The van der Waals surface area contributed by atoms with Gasteiger partial charge in [-0.1, -0.05) is 19.1 Å². The Kier molecular flexibility index (Phi) is 2.69. The fourth-order valence-corrected chi connectivity index (χ4v) is 6.19. The molecule has 104 valence electrons. The van der Waals surface area contributed by atoms with Crippen molar-refractivity contribution in [2.45, 2.75) is 58.3 Å². The zero-order chi connectivity index (χ0) is 13.0. The van der Waals surface area contributed by atoms with Crippen molar-refractivity contribution >= 4 is 5.78 Å². The van der Waals surface area contributed by atoms with E-state index in [-0.39, 0.29) is 5.41 Å². The monoisotopic (exact) mass is 258 g/mol. The van der Waals surface area contributed by atoms with Gasteiger partial charge in [0, 0.05) is 11.8 Å². The van der Waals surface area contributed by atoms with E-state index in [2.05, 4.69) is 19.1 Å². The topological polar surface area (TPSA) is 17.1 Å². The van der Waals surface area contributed by atoms with E-state index in [0.717, 1.165) is 36.0 Å². The van der Waals surface area contributed by atoms with Gasteiger partial charge in [0.2, 0.25) is 0 Å². The van der Waals surface area contributed by atoms with E-state index in [4.69, 9.17) is 0 Å². The number of carbonyl (C=O) groups excluding carboxylic acids is 1. The second-order valence-electron chi connectivity index (χ2n) is 7.80. The molecule has 1 nitrogen and oxygen atoms in total. The molecule has 3 saturated carbocycles. The first kappa shape index (κ1) is 12.2. The molecule has 0 heterocycles. The molecule has 0 aromatic heterocycles. The van der Waals surface area contributed by atoms with Crippen molar-refractivity contribution in [1.82, 2.24) is 0 Å². The number of Topliss-reactive ketones (excluding diaryl/α,β-unsaturated/α-hetero) is 1. The molecular weight excluding hydrogens is 232 g/mol. The summed E-state index contributed by atoms with van der Waals surface area (Å²) in [5.41, 5.74) is 0.0680. The van der Waals surface area contributed by atoms with Gasteiger partial charge in [-0.15, -0.1) is 0 Å². The molecule has 0 radical (unpaired) electrons. The minimum Gasteiger partial charge on any atom is -0.299 e. The third-order valence-corrected chi connectivity index (χ3v) is 7.24. The van der Waals surface area contributed by atoms with Gasteiger partial charge in [-0.05, 0) is 74.5 Å². The highest BCUT2D eigenvalue weighted by Crippen LogP contribution is 2.60. The first-order valence-electron chi connectivity index (χ1n) is 8.38. The molecule has 0 N–H and O–H groups in total. The molecule has 1 heteroatoms. The van der Waals surface area contributed by atoms with Gasteiger partial charge < -0.3 is 0 Å². The van der Waals surface area contributed by atoms with Gasteiger partial charge in [0.25, 0.3) is 0 Å². The highest BCUT2D eigenvalue weighted by Gasteiger charge is 2.56. The van der Waals surface area contributed by atoms with Crippen molar-refractivity contribution in [3.8, 4) is 0 Å². The maximum atomic E-state index is 12.3. The fraction of sp³-hybridized carbons (Fsp3) is 0.833. The van der Waals surface area contributed by atoms with E-state index in [1.54, 1.807) is 0 Å². The van der Waals surface area contributed by atoms with Crippen LogP contribution in [0.2, 0.25) is 0 Å². The molecule has 0 bridgehead atoms. The Hall–Kier alpha value is -0.590. The summed E-state index contributed by atoms with van der Waals surface area (Å²) in [4.78, 5) is 12.3. The molecule has 4 aliphatic carbocycles. The Morgan fingerprint density at radius 3 is 2.74 bits per heavy atom. The molecule has 6 atom stereocenters. The second kappa shape index (κ2) is 4.20. The number of carbonyl (C=O) groups is 1. The summed E-state index contributed by atoms with van der Waals surface area (Å²) in [5.74, 6) is 5.04. The first-order valence-corrected chi connectivity index (χ1v) is 8.38. The Morgan fingerprint density at radius 2 is 1.84 bits per heavy atom. The van der Waals surface area contributed by atoms with Crippen LogP contribution >= 0.6 is 0 Å². The van der Waals surface area contributed by atoms with Crippen molar-refractivity contribution in [2.24, 2.45) is 35.0 Å². The third-order valence-electron chi connectivity index (χ3n) is 7.24. The molecule has 0 aromatic carbocycles. The summed E-state index contributed by atoms with van der Waals surface area (Å²) in [6.45, 7) is 2.29. The summed E-state index contributed by atoms with van der Waals surface area (Å²) in [7, 11) is 0. The fourth-order valence-electron chi connectivity index (χ4n) is 6.19. The van der Waals surface area contributed by atoms with Gasteiger partial charge in [-0.25, -0.2) is 0 Å². The van der Waals surface area contributed by atoms with Crippen LogP contribution in [-0.2, 0) is 4.79 Å². The van der Waals surface area contributed by atoms with Gasteiger partial charge in [0.1, 0.15) is 5.78 Å². The molecule has 0 spiro atoms. The lowest BCUT2D eigenvalue weighted by Gasteiger charge is -2.53. The van der Waals surface area contributed by atoms with Crippen LogP contribution in [0, 0.1) is 35.0 Å². The van der Waals surface area contributed by atoms with E-state index in [0.29, 0.717) is 5.78 Å². The zero-order valence-electron chi connectivity index (χ0n) is 12.1. The Morgan fingerprint density at radius 1 is 1.00 bits per heavy atom. The predicted molar refractivity (Wildman–Crippen MR) is 76.6 cm³/mol.